The Kier molecular flexibility index (Phi) is 8.62. The topological polar surface area (TPSA) is 40.0 Å². The van der Waals surface area contributed by atoms with Gasteiger partial charge in [-0.25, -0.2) is 4.99 Å². The van der Waals surface area contributed by atoms with Crippen molar-refractivity contribution in [2.75, 3.05) is 20.8 Å². The van der Waals surface area contributed by atoms with Gasteiger partial charge in [-0.2, -0.15) is 0 Å². The van der Waals surface area contributed by atoms with Crippen molar-refractivity contribution in [2.45, 2.75) is 64.3 Å². The highest BCUT2D eigenvalue weighted by atomic mass is 16.5. The van der Waals surface area contributed by atoms with Crippen LogP contribution in [-0.4, -0.2) is 32.3 Å². The zero-order valence-electron chi connectivity index (χ0n) is 17.9. The molecule has 4 heteroatoms. The molecule has 0 atom stereocenters. The number of methoxy groups -OCH3 is 2. The quantitative estimate of drug-likeness (QED) is 0.317. The Morgan fingerprint density at radius 1 is 1.07 bits per heavy atom. The lowest BCUT2D eigenvalue weighted by Crippen LogP contribution is -2.17. The normalized spacial score (nSPS) is 15.7. The van der Waals surface area contributed by atoms with Gasteiger partial charge >= 0.3 is 0 Å². The van der Waals surface area contributed by atoms with Gasteiger partial charge in [0.1, 0.15) is 18.1 Å². The number of ether oxygens (including phenoxy) is 3. The molecule has 4 nitrogen and oxygen atoms in total. The highest BCUT2D eigenvalue weighted by Crippen LogP contribution is 2.28. The van der Waals surface area contributed by atoms with E-state index in [-0.39, 0.29) is 5.54 Å². The number of aliphatic imine (C=N–C) groups is 1. The highest BCUT2D eigenvalue weighted by Gasteiger charge is 2.27. The van der Waals surface area contributed by atoms with Crippen LogP contribution in [0.4, 0.5) is 0 Å². The third-order valence-corrected chi connectivity index (χ3v) is 4.81. The molecule has 154 valence electrons. The van der Waals surface area contributed by atoms with E-state index in [4.69, 9.17) is 19.2 Å². The lowest BCUT2D eigenvalue weighted by molar-refractivity contribution is 0.278. The molecule has 0 saturated heterocycles. The van der Waals surface area contributed by atoms with E-state index in [1.807, 2.05) is 24.3 Å². The fraction of sp³-hybridized carbons (Fsp3) is 0.542. The molecular weight excluding hydrogens is 350 g/mol. The third kappa shape index (κ3) is 7.06. The molecule has 0 unspecified atom stereocenters. The predicted octanol–water partition coefficient (Wildman–Crippen LogP) is 6.21. The highest BCUT2D eigenvalue weighted by molar-refractivity contribution is 5.99. The van der Waals surface area contributed by atoms with Crippen molar-refractivity contribution >= 4 is 12.0 Å². The summed E-state index contributed by atoms with van der Waals surface area (Å²) >= 11 is 0. The minimum Gasteiger partial charge on any atom is -0.497 e. The van der Waals surface area contributed by atoms with Gasteiger partial charge in [0.15, 0.2) is 0 Å². The number of benzene rings is 1. The van der Waals surface area contributed by atoms with Crippen LogP contribution >= 0.6 is 0 Å². The van der Waals surface area contributed by atoms with E-state index in [9.17, 15) is 0 Å². The van der Waals surface area contributed by atoms with E-state index in [2.05, 4.69) is 26.5 Å². The molecule has 0 aromatic heterocycles. The minimum atomic E-state index is -0.162. The largest absolute Gasteiger partial charge is 0.497 e. The van der Waals surface area contributed by atoms with E-state index in [0.717, 1.165) is 47.8 Å². The second kappa shape index (κ2) is 10.9. The van der Waals surface area contributed by atoms with Gasteiger partial charge in [-0.3, -0.25) is 0 Å². The lowest BCUT2D eigenvalue weighted by Gasteiger charge is -2.10. The Labute approximate surface area is 170 Å². The van der Waals surface area contributed by atoms with Crippen molar-refractivity contribution in [3.05, 3.63) is 42.0 Å². The van der Waals surface area contributed by atoms with Gasteiger partial charge in [-0.15, -0.1) is 6.58 Å². The monoisotopic (exact) mass is 385 g/mol. The molecular formula is C24H35NO3. The minimum absolute atomic E-state index is 0.162. The summed E-state index contributed by atoms with van der Waals surface area (Å²) in [4.78, 5) is 4.79. The molecule has 1 aromatic carbocycles. The summed E-state index contributed by atoms with van der Waals surface area (Å²) in [6.45, 7) is 8.62. The number of allylic oxidation sites excluding steroid dienone is 1. The number of hydrogen-bond acceptors (Lipinski definition) is 4. The summed E-state index contributed by atoms with van der Waals surface area (Å²) in [5.74, 6) is 2.34. The van der Waals surface area contributed by atoms with Gasteiger partial charge < -0.3 is 14.2 Å². The van der Waals surface area contributed by atoms with Crippen LogP contribution in [0.5, 0.6) is 11.5 Å². The van der Waals surface area contributed by atoms with Crippen LogP contribution in [0, 0.1) is 0 Å². The van der Waals surface area contributed by atoms with Crippen molar-refractivity contribution in [1.29, 1.82) is 0 Å². The summed E-state index contributed by atoms with van der Waals surface area (Å²) in [7, 11) is 3.34. The number of hydrogen-bond donors (Lipinski definition) is 0. The maximum absolute atomic E-state index is 5.93. The van der Waals surface area contributed by atoms with Crippen molar-refractivity contribution in [3.63, 3.8) is 0 Å². The maximum atomic E-state index is 5.93. The molecule has 0 N–H and O–H groups in total. The first-order valence-corrected chi connectivity index (χ1v) is 10.2. The number of nitrogens with zero attached hydrogens (tertiary/aromatic N) is 1. The number of rotatable bonds is 12. The molecule has 1 aliphatic heterocycles. The molecule has 0 bridgehead atoms. The van der Waals surface area contributed by atoms with Crippen molar-refractivity contribution in [2.24, 2.45) is 4.99 Å². The van der Waals surface area contributed by atoms with Crippen molar-refractivity contribution < 1.29 is 14.2 Å². The molecule has 1 aliphatic rings. The van der Waals surface area contributed by atoms with Gasteiger partial charge in [0.2, 0.25) is 5.90 Å². The lowest BCUT2D eigenvalue weighted by atomic mass is 10.0. The molecule has 1 heterocycles. The zero-order valence-corrected chi connectivity index (χ0v) is 17.9. The molecule has 2 rings (SSSR count). The van der Waals surface area contributed by atoms with E-state index in [1.165, 1.54) is 25.7 Å². The molecule has 0 radical (unpaired) electrons. The summed E-state index contributed by atoms with van der Waals surface area (Å²) in [5.41, 5.74) is 2.02. The van der Waals surface area contributed by atoms with E-state index >= 15 is 0 Å². The summed E-state index contributed by atoms with van der Waals surface area (Å²) in [6, 6.07) is 5.91. The maximum Gasteiger partial charge on any atom is 0.212 e. The van der Waals surface area contributed by atoms with Crippen molar-refractivity contribution in [1.82, 2.24) is 0 Å². The molecule has 0 fully saturated rings. The van der Waals surface area contributed by atoms with Gasteiger partial charge in [-0.1, -0.05) is 25.3 Å². The zero-order chi connectivity index (χ0) is 20.4. The standard InChI is InChI=1S/C24H35NO3/c1-6-7-8-9-10-11-12-13-20(23-25-24(2,3)18-28-23)14-19-15-21(26-4)17-22(16-19)27-5/h6,14-17H,1,7-13,18H2,2-5H3/b20-14-. The molecule has 0 amide bonds. The Hall–Kier alpha value is -2.23. The van der Waals surface area contributed by atoms with Crippen LogP contribution in [0.1, 0.15) is 64.4 Å². The van der Waals surface area contributed by atoms with Gasteiger partial charge in [0, 0.05) is 11.6 Å². The second-order valence-electron chi connectivity index (χ2n) is 7.93. The van der Waals surface area contributed by atoms with Gasteiger partial charge in [-0.05, 0) is 63.3 Å². The SMILES string of the molecule is C=CCCCCCCC/C(=C/c1cc(OC)cc(OC)c1)C1=NC(C)(C)CO1. The number of unbranched alkanes of at least 4 members (excludes halogenated alkanes) is 5. The Bertz CT molecular complexity index is 682. The van der Waals surface area contributed by atoms with Gasteiger partial charge in [0.25, 0.3) is 0 Å². The van der Waals surface area contributed by atoms with Crippen LogP contribution in [0.15, 0.2) is 41.4 Å². The van der Waals surface area contributed by atoms with Gasteiger partial charge in [0.05, 0.1) is 19.8 Å². The third-order valence-electron chi connectivity index (χ3n) is 4.81. The first-order chi connectivity index (χ1) is 13.5. The summed E-state index contributed by atoms with van der Waals surface area (Å²) in [5, 5.41) is 0. The fourth-order valence-corrected chi connectivity index (χ4v) is 3.24. The Morgan fingerprint density at radius 2 is 1.71 bits per heavy atom. The van der Waals surface area contributed by atoms with E-state index in [1.54, 1.807) is 14.2 Å². The van der Waals surface area contributed by atoms with E-state index < -0.39 is 0 Å². The van der Waals surface area contributed by atoms with Crippen LogP contribution < -0.4 is 9.47 Å². The van der Waals surface area contributed by atoms with Crippen LogP contribution in [0.3, 0.4) is 0 Å². The first-order valence-electron chi connectivity index (χ1n) is 10.2. The Balaban J connectivity index is 2.12. The molecule has 0 spiro atoms. The smallest absolute Gasteiger partial charge is 0.212 e. The molecule has 28 heavy (non-hydrogen) atoms. The summed E-state index contributed by atoms with van der Waals surface area (Å²) in [6.07, 6.45) is 12.3. The van der Waals surface area contributed by atoms with Crippen LogP contribution in [-0.2, 0) is 4.74 Å². The summed E-state index contributed by atoms with van der Waals surface area (Å²) < 4.78 is 16.7. The van der Waals surface area contributed by atoms with E-state index in [0.29, 0.717) is 6.61 Å². The van der Waals surface area contributed by atoms with Crippen molar-refractivity contribution in [3.8, 4) is 11.5 Å². The Morgan fingerprint density at radius 3 is 2.29 bits per heavy atom. The second-order valence-corrected chi connectivity index (χ2v) is 7.93. The predicted molar refractivity (Wildman–Crippen MR) is 118 cm³/mol. The van der Waals surface area contributed by atoms with Crippen LogP contribution in [0.25, 0.3) is 6.08 Å². The fourth-order valence-electron chi connectivity index (χ4n) is 3.24. The average Bonchev–Trinajstić information content (AvgIpc) is 3.05. The average molecular weight is 386 g/mol. The van der Waals surface area contributed by atoms with Crippen LogP contribution in [0.2, 0.25) is 0 Å². The molecule has 1 aromatic rings. The molecule has 0 aliphatic carbocycles. The first kappa shape index (κ1) is 22.1. The molecule has 0 saturated carbocycles.